The van der Waals surface area contributed by atoms with Gasteiger partial charge in [0.15, 0.2) is 0 Å². The molecule has 0 saturated carbocycles. The molecule has 90 valence electrons. The van der Waals surface area contributed by atoms with Crippen LogP contribution in [0.3, 0.4) is 0 Å². The van der Waals surface area contributed by atoms with E-state index in [1.165, 1.54) is 0 Å². The molecule has 2 rings (SSSR count). The van der Waals surface area contributed by atoms with Crippen LogP contribution in [0.2, 0.25) is 5.02 Å². The highest BCUT2D eigenvalue weighted by atomic mass is 35.5. The molecule has 0 amide bonds. The standard InChI is InChI=1S/C13H15ClN2O/c1-9-4-5-16(13(9)8-17)12-3-2-10(7-15)6-11(12)14/h2-3,6,9,13,17H,4-5,8H2,1H3. The van der Waals surface area contributed by atoms with Crippen LogP contribution in [0.25, 0.3) is 0 Å². The molecule has 1 heterocycles. The van der Waals surface area contributed by atoms with Crippen molar-refractivity contribution in [1.29, 1.82) is 5.26 Å². The number of halogens is 1. The Morgan fingerprint density at radius 2 is 2.35 bits per heavy atom. The van der Waals surface area contributed by atoms with Gasteiger partial charge >= 0.3 is 0 Å². The van der Waals surface area contributed by atoms with E-state index in [1.807, 2.05) is 6.07 Å². The maximum atomic E-state index is 9.42. The molecule has 0 aliphatic carbocycles. The van der Waals surface area contributed by atoms with Crippen molar-refractivity contribution in [3.05, 3.63) is 28.8 Å². The van der Waals surface area contributed by atoms with E-state index in [2.05, 4.69) is 17.9 Å². The summed E-state index contributed by atoms with van der Waals surface area (Å²) < 4.78 is 0. The predicted octanol–water partition coefficient (Wildman–Crippen LogP) is 2.42. The van der Waals surface area contributed by atoms with E-state index in [0.29, 0.717) is 16.5 Å². The molecule has 0 aromatic heterocycles. The van der Waals surface area contributed by atoms with Gasteiger partial charge in [0.05, 0.1) is 35.0 Å². The normalized spacial score (nSPS) is 23.8. The molecule has 2 atom stereocenters. The minimum atomic E-state index is 0.125. The topological polar surface area (TPSA) is 47.3 Å². The van der Waals surface area contributed by atoms with Crippen LogP contribution in [-0.4, -0.2) is 24.3 Å². The van der Waals surface area contributed by atoms with E-state index in [4.69, 9.17) is 16.9 Å². The van der Waals surface area contributed by atoms with Crippen LogP contribution < -0.4 is 4.90 Å². The van der Waals surface area contributed by atoms with Crippen molar-refractivity contribution in [3.63, 3.8) is 0 Å². The minimum absolute atomic E-state index is 0.125. The molecule has 1 aromatic rings. The van der Waals surface area contributed by atoms with Crippen LogP contribution in [-0.2, 0) is 0 Å². The quantitative estimate of drug-likeness (QED) is 0.877. The first kappa shape index (κ1) is 12.2. The van der Waals surface area contributed by atoms with Crippen molar-refractivity contribution in [1.82, 2.24) is 0 Å². The lowest BCUT2D eigenvalue weighted by molar-refractivity contribution is 0.245. The van der Waals surface area contributed by atoms with E-state index in [1.54, 1.807) is 12.1 Å². The van der Waals surface area contributed by atoms with Gasteiger partial charge in [-0.3, -0.25) is 0 Å². The molecule has 1 fully saturated rings. The summed E-state index contributed by atoms with van der Waals surface area (Å²) in [4.78, 5) is 2.13. The van der Waals surface area contributed by atoms with Gasteiger partial charge < -0.3 is 10.0 Å². The maximum absolute atomic E-state index is 9.42. The first-order valence-electron chi connectivity index (χ1n) is 5.74. The van der Waals surface area contributed by atoms with Gasteiger partial charge in [-0.2, -0.15) is 5.26 Å². The van der Waals surface area contributed by atoms with Crippen molar-refractivity contribution >= 4 is 17.3 Å². The number of nitrogens with zero attached hydrogens (tertiary/aromatic N) is 2. The highest BCUT2D eigenvalue weighted by Crippen LogP contribution is 2.34. The average Bonchev–Trinajstić information content (AvgIpc) is 2.70. The molecule has 2 unspecified atom stereocenters. The zero-order valence-corrected chi connectivity index (χ0v) is 10.5. The molecular formula is C13H15ClN2O. The molecule has 4 heteroatoms. The number of anilines is 1. The molecule has 0 bridgehead atoms. The molecular weight excluding hydrogens is 236 g/mol. The Morgan fingerprint density at radius 3 is 2.94 bits per heavy atom. The van der Waals surface area contributed by atoms with Crippen molar-refractivity contribution < 1.29 is 5.11 Å². The summed E-state index contributed by atoms with van der Waals surface area (Å²) in [5.41, 5.74) is 1.47. The molecule has 1 aliphatic heterocycles. The lowest BCUT2D eigenvalue weighted by Gasteiger charge is -2.28. The van der Waals surface area contributed by atoms with Gasteiger partial charge in [0.1, 0.15) is 0 Å². The van der Waals surface area contributed by atoms with Gasteiger partial charge in [-0.15, -0.1) is 0 Å². The Balaban J connectivity index is 2.32. The SMILES string of the molecule is CC1CCN(c2ccc(C#N)cc2Cl)C1CO. The molecule has 0 radical (unpaired) electrons. The fourth-order valence-electron chi connectivity index (χ4n) is 2.40. The van der Waals surface area contributed by atoms with Crippen LogP contribution in [0.15, 0.2) is 18.2 Å². The molecule has 1 N–H and O–H groups in total. The Labute approximate surface area is 106 Å². The van der Waals surface area contributed by atoms with Gasteiger partial charge in [0.2, 0.25) is 0 Å². The van der Waals surface area contributed by atoms with Gasteiger partial charge in [0.25, 0.3) is 0 Å². The fraction of sp³-hybridized carbons (Fsp3) is 0.462. The second-order valence-electron chi connectivity index (χ2n) is 4.49. The number of hydrogen-bond acceptors (Lipinski definition) is 3. The zero-order chi connectivity index (χ0) is 12.4. The zero-order valence-electron chi connectivity index (χ0n) is 9.73. The Kier molecular flexibility index (Phi) is 3.56. The summed E-state index contributed by atoms with van der Waals surface area (Å²) in [5.74, 6) is 0.465. The monoisotopic (exact) mass is 250 g/mol. The summed E-state index contributed by atoms with van der Waals surface area (Å²) in [6.07, 6.45) is 1.06. The Morgan fingerprint density at radius 1 is 1.59 bits per heavy atom. The average molecular weight is 251 g/mol. The largest absolute Gasteiger partial charge is 0.394 e. The lowest BCUT2D eigenvalue weighted by atomic mass is 10.0. The smallest absolute Gasteiger partial charge is 0.0992 e. The highest BCUT2D eigenvalue weighted by molar-refractivity contribution is 6.33. The van der Waals surface area contributed by atoms with Gasteiger partial charge in [-0.1, -0.05) is 18.5 Å². The number of benzene rings is 1. The fourth-order valence-corrected chi connectivity index (χ4v) is 2.68. The summed E-state index contributed by atoms with van der Waals surface area (Å²) >= 11 is 6.18. The van der Waals surface area contributed by atoms with Crippen molar-refractivity contribution in [2.24, 2.45) is 5.92 Å². The van der Waals surface area contributed by atoms with E-state index in [9.17, 15) is 5.11 Å². The first-order valence-corrected chi connectivity index (χ1v) is 6.12. The van der Waals surface area contributed by atoms with E-state index < -0.39 is 0 Å². The number of hydrogen-bond donors (Lipinski definition) is 1. The highest BCUT2D eigenvalue weighted by Gasteiger charge is 2.31. The van der Waals surface area contributed by atoms with Crippen molar-refractivity contribution in [3.8, 4) is 6.07 Å². The van der Waals surface area contributed by atoms with E-state index in [-0.39, 0.29) is 12.6 Å². The van der Waals surface area contributed by atoms with E-state index in [0.717, 1.165) is 18.7 Å². The van der Waals surface area contributed by atoms with Gasteiger partial charge in [-0.25, -0.2) is 0 Å². The summed E-state index contributed by atoms with van der Waals surface area (Å²) in [6, 6.07) is 7.49. The van der Waals surface area contributed by atoms with Crippen LogP contribution >= 0.6 is 11.6 Å². The molecule has 1 aromatic carbocycles. The van der Waals surface area contributed by atoms with Crippen LogP contribution in [0, 0.1) is 17.2 Å². The summed E-state index contributed by atoms with van der Waals surface area (Å²) in [7, 11) is 0. The molecule has 1 aliphatic rings. The van der Waals surface area contributed by atoms with Crippen molar-refractivity contribution in [2.75, 3.05) is 18.1 Å². The minimum Gasteiger partial charge on any atom is -0.394 e. The van der Waals surface area contributed by atoms with Gasteiger partial charge in [0, 0.05) is 6.54 Å². The van der Waals surface area contributed by atoms with E-state index >= 15 is 0 Å². The first-order chi connectivity index (χ1) is 8.17. The van der Waals surface area contributed by atoms with Gasteiger partial charge in [-0.05, 0) is 30.5 Å². The Hall–Kier alpha value is -1.24. The maximum Gasteiger partial charge on any atom is 0.0992 e. The lowest BCUT2D eigenvalue weighted by Crippen LogP contribution is -2.35. The van der Waals surface area contributed by atoms with Crippen LogP contribution in [0.5, 0.6) is 0 Å². The third-order valence-electron chi connectivity index (χ3n) is 3.46. The molecule has 3 nitrogen and oxygen atoms in total. The van der Waals surface area contributed by atoms with Crippen LogP contribution in [0.1, 0.15) is 18.9 Å². The third kappa shape index (κ3) is 2.24. The number of rotatable bonds is 2. The molecule has 17 heavy (non-hydrogen) atoms. The number of nitriles is 1. The predicted molar refractivity (Wildman–Crippen MR) is 68.2 cm³/mol. The second kappa shape index (κ2) is 4.95. The second-order valence-corrected chi connectivity index (χ2v) is 4.89. The third-order valence-corrected chi connectivity index (χ3v) is 3.76. The molecule has 1 saturated heterocycles. The number of aliphatic hydroxyl groups excluding tert-OH is 1. The number of aliphatic hydroxyl groups is 1. The Bertz CT molecular complexity index is 455. The van der Waals surface area contributed by atoms with Crippen molar-refractivity contribution in [2.45, 2.75) is 19.4 Å². The molecule has 0 spiro atoms. The van der Waals surface area contributed by atoms with Crippen LogP contribution in [0.4, 0.5) is 5.69 Å². The summed E-state index contributed by atoms with van der Waals surface area (Å²) in [6.45, 7) is 3.17. The summed E-state index contributed by atoms with van der Waals surface area (Å²) in [5, 5.41) is 18.8.